The first-order valence-electron chi connectivity index (χ1n) is 8.58. The van der Waals surface area contributed by atoms with Crippen LogP contribution < -0.4 is 5.32 Å². The van der Waals surface area contributed by atoms with E-state index in [2.05, 4.69) is 11.2 Å². The van der Waals surface area contributed by atoms with Crippen LogP contribution in [0.4, 0.5) is 5.69 Å². The maximum atomic E-state index is 13.1. The highest BCUT2D eigenvalue weighted by molar-refractivity contribution is 6.01. The number of ether oxygens (including phenoxy) is 1. The van der Waals surface area contributed by atoms with Gasteiger partial charge in [-0.05, 0) is 19.4 Å². The summed E-state index contributed by atoms with van der Waals surface area (Å²) in [6.45, 7) is 3.21. The molecule has 1 unspecified atom stereocenters. The second-order valence-electron chi connectivity index (χ2n) is 6.26. The molecule has 0 bridgehead atoms. The highest BCUT2D eigenvalue weighted by atomic mass is 16.7. The van der Waals surface area contributed by atoms with Gasteiger partial charge >= 0.3 is 5.97 Å². The molecule has 1 heterocycles. The van der Waals surface area contributed by atoms with Crippen LogP contribution in [0.25, 0.3) is 0 Å². The van der Waals surface area contributed by atoms with E-state index in [1.165, 1.54) is 32.4 Å². The molecular formula is C20H21N3O6. The fourth-order valence-corrected chi connectivity index (χ4v) is 3.17. The number of methoxy groups -OCH3 is 1. The standard InChI is InChI=1S/C20H21N3O6/c1-6-10-29-22(4)19(24)16-12(2)21-13(3)17(20(25)28-5)18(16)14-8-7-9-15(11-14)23(26)27/h1,7-9,11,18,21H,10H2,2-5H3. The summed E-state index contributed by atoms with van der Waals surface area (Å²) in [7, 11) is 2.62. The number of likely N-dealkylation sites (N-methyl/N-ethyl adjacent to an activating group) is 1. The van der Waals surface area contributed by atoms with Crippen LogP contribution in [0.1, 0.15) is 25.3 Å². The summed E-state index contributed by atoms with van der Waals surface area (Å²) in [5.41, 5.74) is 1.56. The molecule has 1 N–H and O–H groups in total. The summed E-state index contributed by atoms with van der Waals surface area (Å²) in [5.74, 6) is 0.170. The molecule has 9 heteroatoms. The van der Waals surface area contributed by atoms with E-state index < -0.39 is 22.7 Å². The fourth-order valence-electron chi connectivity index (χ4n) is 3.17. The lowest BCUT2D eigenvalue weighted by Gasteiger charge is -2.32. The van der Waals surface area contributed by atoms with Gasteiger partial charge in [0, 0.05) is 30.6 Å². The molecule has 0 saturated heterocycles. The van der Waals surface area contributed by atoms with Gasteiger partial charge in [0.05, 0.1) is 29.1 Å². The quantitative estimate of drug-likeness (QED) is 0.337. The Morgan fingerprint density at radius 3 is 2.55 bits per heavy atom. The summed E-state index contributed by atoms with van der Waals surface area (Å²) >= 11 is 0. The fraction of sp³-hybridized carbons (Fsp3) is 0.300. The van der Waals surface area contributed by atoms with Crippen molar-refractivity contribution in [3.8, 4) is 12.3 Å². The van der Waals surface area contributed by atoms with Crippen molar-refractivity contribution in [2.45, 2.75) is 19.8 Å². The van der Waals surface area contributed by atoms with E-state index in [4.69, 9.17) is 16.0 Å². The van der Waals surface area contributed by atoms with E-state index in [1.807, 2.05) is 0 Å². The predicted molar refractivity (Wildman–Crippen MR) is 104 cm³/mol. The first-order chi connectivity index (χ1) is 13.7. The van der Waals surface area contributed by atoms with Crippen molar-refractivity contribution in [1.82, 2.24) is 10.4 Å². The zero-order chi connectivity index (χ0) is 21.7. The molecular weight excluding hydrogens is 378 g/mol. The van der Waals surface area contributed by atoms with Crippen LogP contribution in [0, 0.1) is 22.5 Å². The monoisotopic (exact) mass is 399 g/mol. The Bertz CT molecular complexity index is 957. The average molecular weight is 399 g/mol. The third-order valence-corrected chi connectivity index (χ3v) is 4.44. The molecule has 2 rings (SSSR count). The van der Waals surface area contributed by atoms with E-state index in [1.54, 1.807) is 19.9 Å². The van der Waals surface area contributed by atoms with E-state index in [9.17, 15) is 19.7 Å². The number of terminal acetylenes is 1. The smallest absolute Gasteiger partial charge is 0.336 e. The molecule has 1 amide bonds. The van der Waals surface area contributed by atoms with Gasteiger partial charge in [0.25, 0.3) is 11.6 Å². The highest BCUT2D eigenvalue weighted by Gasteiger charge is 2.38. The number of dihydropyridines is 1. The SMILES string of the molecule is C#CCON(C)C(=O)C1=C(C)NC(C)=C(C(=O)OC)C1c1cccc([N+](=O)[O-])c1. The molecule has 0 aliphatic carbocycles. The molecule has 0 aromatic heterocycles. The van der Waals surface area contributed by atoms with Gasteiger partial charge in [-0.25, -0.2) is 9.86 Å². The molecule has 1 aliphatic rings. The largest absolute Gasteiger partial charge is 0.466 e. The van der Waals surface area contributed by atoms with Gasteiger partial charge in [-0.1, -0.05) is 18.1 Å². The zero-order valence-electron chi connectivity index (χ0n) is 16.5. The van der Waals surface area contributed by atoms with E-state index in [-0.39, 0.29) is 23.4 Å². The van der Waals surface area contributed by atoms with Crippen LogP contribution in [-0.2, 0) is 19.2 Å². The van der Waals surface area contributed by atoms with Gasteiger partial charge in [-0.15, -0.1) is 6.42 Å². The molecule has 9 nitrogen and oxygen atoms in total. The van der Waals surface area contributed by atoms with Crippen molar-refractivity contribution in [1.29, 1.82) is 0 Å². The number of nitro groups is 1. The second-order valence-corrected chi connectivity index (χ2v) is 6.26. The van der Waals surface area contributed by atoms with E-state index in [0.29, 0.717) is 17.0 Å². The predicted octanol–water partition coefficient (Wildman–Crippen LogP) is 2.03. The molecule has 1 aliphatic heterocycles. The number of nitro benzene ring substituents is 1. The minimum atomic E-state index is -0.895. The van der Waals surface area contributed by atoms with Crippen LogP contribution in [0.3, 0.4) is 0 Å². The number of hydrogen-bond donors (Lipinski definition) is 1. The maximum absolute atomic E-state index is 13.1. The van der Waals surface area contributed by atoms with Gasteiger partial charge in [0.15, 0.2) is 0 Å². The lowest BCUT2D eigenvalue weighted by Crippen LogP contribution is -2.37. The van der Waals surface area contributed by atoms with Gasteiger partial charge in [0.1, 0.15) is 6.61 Å². The second kappa shape index (κ2) is 9.03. The third-order valence-electron chi connectivity index (χ3n) is 4.44. The summed E-state index contributed by atoms with van der Waals surface area (Å²) in [6, 6.07) is 5.77. The lowest BCUT2D eigenvalue weighted by molar-refractivity contribution is -0.384. The number of carbonyl (C=O) groups excluding carboxylic acids is 2. The Morgan fingerprint density at radius 2 is 1.97 bits per heavy atom. The third kappa shape index (κ3) is 4.44. The van der Waals surface area contributed by atoms with E-state index >= 15 is 0 Å². The number of benzene rings is 1. The first-order valence-corrected chi connectivity index (χ1v) is 8.58. The van der Waals surface area contributed by atoms with E-state index in [0.717, 1.165) is 5.06 Å². The number of hydrogen-bond acceptors (Lipinski definition) is 7. The average Bonchev–Trinajstić information content (AvgIpc) is 2.70. The molecule has 0 spiro atoms. The lowest BCUT2D eigenvalue weighted by atomic mass is 9.80. The summed E-state index contributed by atoms with van der Waals surface area (Å²) in [4.78, 5) is 41.5. The molecule has 29 heavy (non-hydrogen) atoms. The summed E-state index contributed by atoms with van der Waals surface area (Å²) in [6.07, 6.45) is 5.17. The van der Waals surface area contributed by atoms with Crippen molar-refractivity contribution in [2.24, 2.45) is 0 Å². The van der Waals surface area contributed by atoms with Crippen LogP contribution >= 0.6 is 0 Å². The number of esters is 1. The first kappa shape index (κ1) is 21.7. The van der Waals surface area contributed by atoms with Gasteiger partial charge in [-0.2, -0.15) is 0 Å². The Balaban J connectivity index is 2.67. The Hall–Kier alpha value is -3.64. The maximum Gasteiger partial charge on any atom is 0.336 e. The molecule has 1 aromatic rings. The number of nitrogens with one attached hydrogen (secondary N) is 1. The van der Waals surface area contributed by atoms with Crippen LogP contribution in [-0.4, -0.2) is 42.6 Å². The van der Waals surface area contributed by atoms with Crippen molar-refractivity contribution in [3.63, 3.8) is 0 Å². The Morgan fingerprint density at radius 1 is 1.31 bits per heavy atom. The zero-order valence-corrected chi connectivity index (χ0v) is 16.5. The summed E-state index contributed by atoms with van der Waals surface area (Å²) < 4.78 is 4.90. The summed E-state index contributed by atoms with van der Waals surface area (Å²) in [5, 5.41) is 15.2. The number of non-ortho nitro benzene ring substituents is 1. The Kier molecular flexibility index (Phi) is 6.75. The molecule has 0 fully saturated rings. The van der Waals surface area contributed by atoms with Gasteiger partial charge < -0.3 is 10.1 Å². The highest BCUT2D eigenvalue weighted by Crippen LogP contribution is 2.40. The topological polar surface area (TPSA) is 111 Å². The Labute approximate surface area is 168 Å². The molecule has 0 saturated carbocycles. The van der Waals surface area contributed by atoms with Crippen LogP contribution in [0.5, 0.6) is 0 Å². The van der Waals surface area contributed by atoms with Crippen molar-refractivity contribution >= 4 is 17.6 Å². The minimum Gasteiger partial charge on any atom is -0.466 e. The molecule has 1 aromatic carbocycles. The minimum absolute atomic E-state index is 0.123. The van der Waals surface area contributed by atoms with Gasteiger partial charge in [-0.3, -0.25) is 19.7 Å². The molecule has 152 valence electrons. The molecule has 0 radical (unpaired) electrons. The van der Waals surface area contributed by atoms with Crippen LogP contribution in [0.15, 0.2) is 46.8 Å². The molecule has 1 atom stereocenters. The number of hydroxylamine groups is 2. The van der Waals surface area contributed by atoms with Crippen molar-refractivity contribution in [2.75, 3.05) is 20.8 Å². The number of rotatable bonds is 6. The van der Waals surface area contributed by atoms with Crippen LogP contribution in [0.2, 0.25) is 0 Å². The number of nitrogens with zero attached hydrogens (tertiary/aromatic N) is 2. The van der Waals surface area contributed by atoms with Gasteiger partial charge in [0.2, 0.25) is 0 Å². The van der Waals surface area contributed by atoms with Crippen molar-refractivity contribution < 1.29 is 24.1 Å². The number of amides is 1. The number of carbonyl (C=O) groups is 2. The van der Waals surface area contributed by atoms with Crippen molar-refractivity contribution in [3.05, 3.63) is 62.5 Å². The normalized spacial score (nSPS) is 16.0. The number of allylic oxidation sites excluding steroid dienone is 2.